The van der Waals surface area contributed by atoms with Crippen LogP contribution in [0.2, 0.25) is 5.02 Å². The zero-order chi connectivity index (χ0) is 17.0. The summed E-state index contributed by atoms with van der Waals surface area (Å²) in [6, 6.07) is 6.21. The van der Waals surface area contributed by atoms with Crippen molar-refractivity contribution in [1.82, 2.24) is 5.32 Å². The molecule has 0 aromatic heterocycles. The highest BCUT2D eigenvalue weighted by atomic mass is 35.5. The molecule has 4 fully saturated rings. The normalized spacial score (nSPS) is 40.1. The molecule has 4 saturated carbocycles. The molecule has 2 atom stereocenters. The molecule has 0 saturated heterocycles. The van der Waals surface area contributed by atoms with Crippen molar-refractivity contribution in [2.45, 2.75) is 71.4 Å². The Morgan fingerprint density at radius 2 is 1.83 bits per heavy atom. The average Bonchev–Trinajstić information content (AvgIpc) is 2.44. The topological polar surface area (TPSA) is 21.3 Å². The summed E-state index contributed by atoms with van der Waals surface area (Å²) in [6.07, 6.45) is 8.37. The molecule has 5 rings (SSSR count). The van der Waals surface area contributed by atoms with Gasteiger partial charge in [-0.15, -0.1) is 0 Å². The molecule has 2 nitrogen and oxygen atoms in total. The van der Waals surface area contributed by atoms with E-state index in [-0.39, 0.29) is 0 Å². The molecule has 0 heterocycles. The molecule has 1 aromatic rings. The van der Waals surface area contributed by atoms with Crippen LogP contribution in [0.1, 0.15) is 64.9 Å². The molecule has 3 heteroatoms. The smallest absolute Gasteiger partial charge is 0.137 e. The zero-order valence-corrected chi connectivity index (χ0v) is 16.0. The minimum absolute atomic E-state index is 0.341. The quantitative estimate of drug-likeness (QED) is 0.751. The molecule has 1 aromatic carbocycles. The maximum absolute atomic E-state index is 6.35. The molecule has 1 N–H and O–H groups in total. The van der Waals surface area contributed by atoms with E-state index in [1.807, 2.05) is 13.0 Å². The van der Waals surface area contributed by atoms with Crippen molar-refractivity contribution in [2.75, 3.05) is 6.61 Å². The first-order valence-corrected chi connectivity index (χ1v) is 9.87. The number of hydrogen-bond acceptors (Lipinski definition) is 2. The third kappa shape index (κ3) is 2.97. The van der Waals surface area contributed by atoms with Crippen molar-refractivity contribution >= 4 is 11.6 Å². The summed E-state index contributed by atoms with van der Waals surface area (Å²) < 4.78 is 5.54. The van der Waals surface area contributed by atoms with Crippen LogP contribution in [0.4, 0.5) is 0 Å². The maximum Gasteiger partial charge on any atom is 0.137 e. The molecule has 2 unspecified atom stereocenters. The average molecular weight is 348 g/mol. The summed E-state index contributed by atoms with van der Waals surface area (Å²) in [5.41, 5.74) is 2.71. The van der Waals surface area contributed by atoms with Crippen molar-refractivity contribution in [2.24, 2.45) is 16.7 Å². The largest absolute Gasteiger partial charge is 0.492 e. The van der Waals surface area contributed by atoms with Crippen molar-refractivity contribution in [3.8, 4) is 5.75 Å². The van der Waals surface area contributed by atoms with Gasteiger partial charge in [0.2, 0.25) is 0 Å². The lowest BCUT2D eigenvalue weighted by Crippen LogP contribution is -2.63. The minimum Gasteiger partial charge on any atom is -0.492 e. The van der Waals surface area contributed by atoms with E-state index >= 15 is 0 Å². The second kappa shape index (κ2) is 5.64. The van der Waals surface area contributed by atoms with E-state index in [4.69, 9.17) is 16.3 Å². The van der Waals surface area contributed by atoms with E-state index < -0.39 is 0 Å². The summed E-state index contributed by atoms with van der Waals surface area (Å²) in [7, 11) is 0. The minimum atomic E-state index is 0.341. The Morgan fingerprint density at radius 3 is 2.42 bits per heavy atom. The van der Waals surface area contributed by atoms with E-state index in [2.05, 4.69) is 31.3 Å². The van der Waals surface area contributed by atoms with Gasteiger partial charge in [0.1, 0.15) is 5.75 Å². The van der Waals surface area contributed by atoms with Crippen LogP contribution in [0, 0.1) is 16.7 Å². The van der Waals surface area contributed by atoms with E-state index in [0.29, 0.717) is 23.0 Å². The monoisotopic (exact) mass is 347 g/mol. The molecule has 4 aliphatic carbocycles. The van der Waals surface area contributed by atoms with Crippen molar-refractivity contribution in [3.05, 3.63) is 28.8 Å². The summed E-state index contributed by atoms with van der Waals surface area (Å²) in [6.45, 7) is 8.60. The van der Waals surface area contributed by atoms with Crippen molar-refractivity contribution in [1.29, 1.82) is 0 Å². The van der Waals surface area contributed by atoms with Crippen LogP contribution < -0.4 is 10.1 Å². The Kier molecular flexibility index (Phi) is 3.93. The van der Waals surface area contributed by atoms with Crippen LogP contribution in [-0.2, 0) is 6.54 Å². The Bertz CT molecular complexity index is 625. The Labute approximate surface area is 151 Å². The number of halogens is 1. The van der Waals surface area contributed by atoms with Crippen molar-refractivity contribution in [3.63, 3.8) is 0 Å². The van der Waals surface area contributed by atoms with Gasteiger partial charge in [0.25, 0.3) is 0 Å². The zero-order valence-electron chi connectivity index (χ0n) is 15.3. The molecule has 132 valence electrons. The molecule has 24 heavy (non-hydrogen) atoms. The van der Waals surface area contributed by atoms with E-state index in [0.717, 1.165) is 23.2 Å². The van der Waals surface area contributed by atoms with Gasteiger partial charge in [0.05, 0.1) is 11.6 Å². The highest BCUT2D eigenvalue weighted by Gasteiger charge is 2.59. The first-order chi connectivity index (χ1) is 11.3. The molecule has 4 bridgehead atoms. The van der Waals surface area contributed by atoms with Crippen LogP contribution in [0.15, 0.2) is 18.2 Å². The third-order valence-corrected chi connectivity index (χ3v) is 6.89. The fourth-order valence-electron chi connectivity index (χ4n) is 6.86. The van der Waals surface area contributed by atoms with Gasteiger partial charge in [-0.2, -0.15) is 0 Å². The summed E-state index contributed by atoms with van der Waals surface area (Å²) >= 11 is 6.35. The number of benzene rings is 1. The number of rotatable bonds is 5. The molecule has 0 radical (unpaired) electrons. The second-order valence-corrected chi connectivity index (χ2v) is 9.87. The molecule has 0 spiro atoms. The summed E-state index contributed by atoms with van der Waals surface area (Å²) in [4.78, 5) is 0. The van der Waals surface area contributed by atoms with Gasteiger partial charge in [0.15, 0.2) is 0 Å². The number of ether oxygens (including phenoxy) is 1. The van der Waals surface area contributed by atoms with Gasteiger partial charge in [-0.1, -0.05) is 31.5 Å². The predicted molar refractivity (Wildman–Crippen MR) is 99.6 cm³/mol. The van der Waals surface area contributed by atoms with E-state index in [9.17, 15) is 0 Å². The highest BCUT2D eigenvalue weighted by Crippen LogP contribution is 2.66. The molecule has 0 aliphatic heterocycles. The lowest BCUT2D eigenvalue weighted by Gasteiger charge is -2.65. The summed E-state index contributed by atoms with van der Waals surface area (Å²) in [5, 5.41) is 4.70. The standard InChI is InChI=1S/C21H30ClNO/c1-4-24-18-6-5-15(7-17(18)22)11-23-21-10-16-8-19(2,13-21)12-20(3,9-16)14-21/h5-7,16,23H,4,8-14H2,1-3H3. The fraction of sp³-hybridized carbons (Fsp3) is 0.714. The number of nitrogens with one attached hydrogen (secondary N) is 1. The van der Waals surface area contributed by atoms with Crippen LogP contribution in [-0.4, -0.2) is 12.1 Å². The molecular weight excluding hydrogens is 318 g/mol. The fourth-order valence-corrected chi connectivity index (χ4v) is 7.12. The second-order valence-electron chi connectivity index (χ2n) is 9.46. The Balaban J connectivity index is 1.49. The predicted octanol–water partition coefficient (Wildman–Crippen LogP) is 5.58. The van der Waals surface area contributed by atoms with E-state index in [1.54, 1.807) is 0 Å². The first kappa shape index (κ1) is 16.7. The summed E-state index contributed by atoms with van der Waals surface area (Å²) in [5.74, 6) is 1.71. The highest BCUT2D eigenvalue weighted by molar-refractivity contribution is 6.32. The molecular formula is C21H30ClNO. The Morgan fingerprint density at radius 1 is 1.12 bits per heavy atom. The van der Waals surface area contributed by atoms with Crippen LogP contribution in [0.25, 0.3) is 0 Å². The SMILES string of the molecule is CCOc1ccc(CNC23CC4CC(C)(CC(C)(C4)C2)C3)cc1Cl. The van der Waals surface area contributed by atoms with Crippen molar-refractivity contribution < 1.29 is 4.74 Å². The first-order valence-electron chi connectivity index (χ1n) is 9.49. The lowest BCUT2D eigenvalue weighted by molar-refractivity contribution is -0.118. The maximum atomic E-state index is 6.35. The van der Waals surface area contributed by atoms with Gasteiger partial charge < -0.3 is 10.1 Å². The van der Waals surface area contributed by atoms with Gasteiger partial charge in [0, 0.05) is 12.1 Å². The van der Waals surface area contributed by atoms with Crippen LogP contribution in [0.5, 0.6) is 5.75 Å². The van der Waals surface area contributed by atoms with Gasteiger partial charge in [-0.05, 0) is 79.9 Å². The molecule has 4 aliphatic rings. The number of hydrogen-bond donors (Lipinski definition) is 1. The molecule has 0 amide bonds. The van der Waals surface area contributed by atoms with Gasteiger partial charge >= 0.3 is 0 Å². The lowest BCUT2D eigenvalue weighted by atomic mass is 9.43. The third-order valence-electron chi connectivity index (χ3n) is 6.59. The van der Waals surface area contributed by atoms with E-state index in [1.165, 1.54) is 44.1 Å². The van der Waals surface area contributed by atoms with Crippen LogP contribution >= 0.6 is 11.6 Å². The van der Waals surface area contributed by atoms with Gasteiger partial charge in [-0.3, -0.25) is 0 Å². The Hall–Kier alpha value is -0.730. The van der Waals surface area contributed by atoms with Gasteiger partial charge in [-0.25, -0.2) is 0 Å². The van der Waals surface area contributed by atoms with Crippen LogP contribution in [0.3, 0.4) is 0 Å².